The van der Waals surface area contributed by atoms with Crippen molar-refractivity contribution in [3.63, 3.8) is 0 Å². The van der Waals surface area contributed by atoms with Crippen LogP contribution in [0.15, 0.2) is 71.1 Å². The molecule has 0 aliphatic rings. The topological polar surface area (TPSA) is 76.4 Å². The van der Waals surface area contributed by atoms with E-state index in [2.05, 4.69) is 15.6 Å². The van der Waals surface area contributed by atoms with Gasteiger partial charge < -0.3 is 14.5 Å². The number of rotatable bonds is 5. The van der Waals surface area contributed by atoms with E-state index in [0.717, 1.165) is 22.2 Å². The van der Waals surface area contributed by atoms with Gasteiger partial charge >= 0.3 is 0 Å². The van der Waals surface area contributed by atoms with Crippen LogP contribution in [0.4, 0.5) is 0 Å². The SMILES string of the molecule is COc1ccc(C(=O)NC(=S)NCc2ccc(-c3nc4ccccc4o3)cc2)cc1Cl. The number of carbonyl (C=O) groups excluding carboxylic acids is 1. The number of fused-ring (bicyclic) bond motifs is 1. The highest BCUT2D eigenvalue weighted by Crippen LogP contribution is 2.25. The number of oxazole rings is 1. The highest BCUT2D eigenvalue weighted by molar-refractivity contribution is 7.80. The lowest BCUT2D eigenvalue weighted by molar-refractivity contribution is 0.0976. The van der Waals surface area contributed by atoms with Gasteiger partial charge in [0.05, 0.1) is 12.1 Å². The Hall–Kier alpha value is -3.42. The molecule has 0 aliphatic heterocycles. The minimum atomic E-state index is -0.353. The average Bonchev–Trinajstić information content (AvgIpc) is 3.22. The lowest BCUT2D eigenvalue weighted by Crippen LogP contribution is -2.38. The first-order chi connectivity index (χ1) is 15.0. The highest BCUT2D eigenvalue weighted by atomic mass is 35.5. The van der Waals surface area contributed by atoms with Crippen LogP contribution in [0.1, 0.15) is 15.9 Å². The first kappa shape index (κ1) is 20.8. The van der Waals surface area contributed by atoms with Crippen LogP contribution in [0.2, 0.25) is 5.02 Å². The number of carbonyl (C=O) groups is 1. The molecule has 4 aromatic rings. The van der Waals surface area contributed by atoms with Gasteiger partial charge in [-0.1, -0.05) is 35.9 Å². The van der Waals surface area contributed by atoms with E-state index in [1.54, 1.807) is 12.1 Å². The van der Waals surface area contributed by atoms with E-state index in [9.17, 15) is 4.79 Å². The predicted octanol–water partition coefficient (Wildman–Crippen LogP) is 4.96. The molecule has 0 radical (unpaired) electrons. The molecule has 156 valence electrons. The van der Waals surface area contributed by atoms with E-state index in [4.69, 9.17) is 33.0 Å². The monoisotopic (exact) mass is 451 g/mol. The summed E-state index contributed by atoms with van der Waals surface area (Å²) < 4.78 is 10.9. The number of ether oxygens (including phenoxy) is 1. The fourth-order valence-electron chi connectivity index (χ4n) is 2.97. The van der Waals surface area contributed by atoms with E-state index in [-0.39, 0.29) is 11.0 Å². The largest absolute Gasteiger partial charge is 0.495 e. The molecule has 1 aromatic heterocycles. The van der Waals surface area contributed by atoms with Crippen molar-refractivity contribution in [3.8, 4) is 17.2 Å². The Morgan fingerprint density at radius 2 is 1.90 bits per heavy atom. The minimum Gasteiger partial charge on any atom is -0.495 e. The van der Waals surface area contributed by atoms with Crippen molar-refractivity contribution in [2.45, 2.75) is 6.54 Å². The third-order valence-corrected chi connectivity index (χ3v) is 5.13. The molecule has 31 heavy (non-hydrogen) atoms. The van der Waals surface area contributed by atoms with E-state index in [1.807, 2.05) is 48.5 Å². The van der Waals surface area contributed by atoms with Crippen molar-refractivity contribution in [2.75, 3.05) is 7.11 Å². The molecule has 2 N–H and O–H groups in total. The molecule has 3 aromatic carbocycles. The summed E-state index contributed by atoms with van der Waals surface area (Å²) in [5, 5.41) is 6.24. The zero-order valence-corrected chi connectivity index (χ0v) is 18.1. The van der Waals surface area contributed by atoms with Crippen molar-refractivity contribution < 1.29 is 13.9 Å². The molecule has 1 amide bonds. The van der Waals surface area contributed by atoms with Gasteiger partial charge in [0.1, 0.15) is 11.3 Å². The molecule has 0 spiro atoms. The maximum atomic E-state index is 12.3. The number of hydrogen-bond donors (Lipinski definition) is 2. The standard InChI is InChI=1S/C23H18ClN3O3S/c1-29-19-11-10-16(12-17(19)24)21(28)27-23(31)25-13-14-6-8-15(9-7-14)22-26-18-4-2-3-5-20(18)30-22/h2-12H,13H2,1H3,(H2,25,27,28,31). The Morgan fingerprint density at radius 3 is 2.61 bits per heavy atom. The minimum absolute atomic E-state index is 0.222. The zero-order valence-electron chi connectivity index (χ0n) is 16.5. The van der Waals surface area contributed by atoms with Crippen LogP contribution in [-0.4, -0.2) is 23.1 Å². The third-order valence-electron chi connectivity index (χ3n) is 4.59. The van der Waals surface area contributed by atoms with Crippen LogP contribution in [-0.2, 0) is 6.54 Å². The Bertz CT molecular complexity index is 1220. The van der Waals surface area contributed by atoms with E-state index in [1.165, 1.54) is 13.2 Å². The number of nitrogens with zero attached hydrogens (tertiary/aromatic N) is 1. The number of para-hydroxylation sites is 2. The van der Waals surface area contributed by atoms with Gasteiger partial charge in [0, 0.05) is 17.7 Å². The molecular formula is C23H18ClN3O3S. The fourth-order valence-corrected chi connectivity index (χ4v) is 3.39. The van der Waals surface area contributed by atoms with Crippen molar-refractivity contribution in [1.82, 2.24) is 15.6 Å². The Balaban J connectivity index is 1.34. The van der Waals surface area contributed by atoms with Crippen LogP contribution in [0.5, 0.6) is 5.75 Å². The highest BCUT2D eigenvalue weighted by Gasteiger charge is 2.11. The van der Waals surface area contributed by atoms with Gasteiger partial charge in [0.25, 0.3) is 5.91 Å². The van der Waals surface area contributed by atoms with Gasteiger partial charge in [-0.05, 0) is 60.2 Å². The van der Waals surface area contributed by atoms with Gasteiger partial charge in [-0.2, -0.15) is 0 Å². The number of amides is 1. The molecule has 0 unspecified atom stereocenters. The second kappa shape index (κ2) is 9.16. The van der Waals surface area contributed by atoms with Crippen molar-refractivity contribution in [2.24, 2.45) is 0 Å². The third kappa shape index (κ3) is 4.84. The quantitative estimate of drug-likeness (QED) is 0.417. The van der Waals surface area contributed by atoms with Crippen LogP contribution in [0.3, 0.4) is 0 Å². The summed E-state index contributed by atoms with van der Waals surface area (Å²) in [4.78, 5) is 16.8. The van der Waals surface area contributed by atoms with E-state index >= 15 is 0 Å². The maximum absolute atomic E-state index is 12.3. The van der Waals surface area contributed by atoms with Gasteiger partial charge in [-0.15, -0.1) is 0 Å². The molecule has 8 heteroatoms. The molecule has 0 saturated heterocycles. The summed E-state index contributed by atoms with van der Waals surface area (Å²) in [7, 11) is 1.51. The van der Waals surface area contributed by atoms with E-state index in [0.29, 0.717) is 28.8 Å². The van der Waals surface area contributed by atoms with Crippen molar-refractivity contribution in [3.05, 3.63) is 82.9 Å². The Morgan fingerprint density at radius 1 is 1.13 bits per heavy atom. The number of nitrogens with one attached hydrogen (secondary N) is 2. The zero-order chi connectivity index (χ0) is 21.8. The number of hydrogen-bond acceptors (Lipinski definition) is 5. The Labute approximate surface area is 189 Å². The molecule has 4 rings (SSSR count). The van der Waals surface area contributed by atoms with Gasteiger partial charge in [0.2, 0.25) is 5.89 Å². The molecule has 0 atom stereocenters. The maximum Gasteiger partial charge on any atom is 0.257 e. The number of methoxy groups -OCH3 is 1. The normalized spacial score (nSPS) is 10.6. The van der Waals surface area contributed by atoms with Crippen LogP contribution < -0.4 is 15.4 Å². The Kier molecular flexibility index (Phi) is 6.16. The number of aromatic nitrogens is 1. The van der Waals surface area contributed by atoms with Crippen molar-refractivity contribution in [1.29, 1.82) is 0 Å². The summed E-state index contributed by atoms with van der Waals surface area (Å²) in [5.41, 5.74) is 3.83. The summed E-state index contributed by atoms with van der Waals surface area (Å²) in [6.07, 6.45) is 0. The summed E-state index contributed by atoms with van der Waals surface area (Å²) in [6.45, 7) is 0.455. The lowest BCUT2D eigenvalue weighted by Gasteiger charge is -2.11. The number of benzene rings is 3. The smallest absolute Gasteiger partial charge is 0.257 e. The second-order valence-electron chi connectivity index (χ2n) is 6.67. The summed E-state index contributed by atoms with van der Waals surface area (Å²) in [5.74, 6) is 0.718. The van der Waals surface area contributed by atoms with Gasteiger partial charge in [-0.25, -0.2) is 4.98 Å². The summed E-state index contributed by atoms with van der Waals surface area (Å²) >= 11 is 11.3. The van der Waals surface area contributed by atoms with Crippen LogP contribution in [0, 0.1) is 0 Å². The molecule has 0 fully saturated rings. The number of halogens is 1. The molecule has 1 heterocycles. The lowest BCUT2D eigenvalue weighted by atomic mass is 10.1. The van der Waals surface area contributed by atoms with Crippen molar-refractivity contribution >= 4 is 45.9 Å². The van der Waals surface area contributed by atoms with Crippen LogP contribution >= 0.6 is 23.8 Å². The molecule has 6 nitrogen and oxygen atoms in total. The molecule has 0 aliphatic carbocycles. The molecule has 0 bridgehead atoms. The second-order valence-corrected chi connectivity index (χ2v) is 7.49. The fraction of sp³-hybridized carbons (Fsp3) is 0.0870. The predicted molar refractivity (Wildman–Crippen MR) is 124 cm³/mol. The molecular weight excluding hydrogens is 434 g/mol. The van der Waals surface area contributed by atoms with Gasteiger partial charge in [-0.3, -0.25) is 10.1 Å². The first-order valence-corrected chi connectivity index (χ1v) is 10.2. The average molecular weight is 452 g/mol. The molecule has 0 saturated carbocycles. The van der Waals surface area contributed by atoms with Crippen LogP contribution in [0.25, 0.3) is 22.6 Å². The van der Waals surface area contributed by atoms with Gasteiger partial charge in [0.15, 0.2) is 10.7 Å². The number of thiocarbonyl (C=S) groups is 1. The first-order valence-electron chi connectivity index (χ1n) is 9.41. The summed E-state index contributed by atoms with van der Waals surface area (Å²) in [6, 6.07) is 20.2. The van der Waals surface area contributed by atoms with E-state index < -0.39 is 0 Å².